The third-order valence-electron chi connectivity index (χ3n) is 3.98. The summed E-state index contributed by atoms with van der Waals surface area (Å²) in [6, 6.07) is 8.88. The van der Waals surface area contributed by atoms with Crippen LogP contribution in [-0.4, -0.2) is 41.1 Å². The number of nitrogens with one attached hydrogen (secondary N) is 1. The Kier molecular flexibility index (Phi) is 5.23. The van der Waals surface area contributed by atoms with Crippen LogP contribution in [0, 0.1) is 5.82 Å². The number of carbonyl (C=O) groups excluding carboxylic acids is 2. The topological polar surface area (TPSA) is 71.5 Å². The zero-order chi connectivity index (χ0) is 17.6. The second-order valence-electron chi connectivity index (χ2n) is 5.75. The minimum absolute atomic E-state index is 0.0127. The quantitative estimate of drug-likeness (QED) is 0.870. The van der Waals surface area contributed by atoms with Crippen molar-refractivity contribution in [2.45, 2.75) is 19.0 Å². The third kappa shape index (κ3) is 4.32. The third-order valence-corrected chi connectivity index (χ3v) is 3.98. The van der Waals surface area contributed by atoms with E-state index in [2.05, 4.69) is 10.3 Å². The van der Waals surface area contributed by atoms with Gasteiger partial charge in [-0.15, -0.1) is 0 Å². The number of pyridine rings is 1. The Bertz CT molecular complexity index is 737. The number of hydrogen-bond donors (Lipinski definition) is 1. The average Bonchev–Trinajstić information content (AvgIpc) is 2.98. The first-order valence-corrected chi connectivity index (χ1v) is 7.98. The molecule has 0 radical (unpaired) electrons. The van der Waals surface area contributed by atoms with Crippen LogP contribution in [-0.2, 0) is 22.5 Å². The number of nitrogens with zero attached hydrogens (tertiary/aromatic N) is 2. The molecular weight excluding hydrogens is 325 g/mol. The molecule has 1 atom stereocenters. The lowest BCUT2D eigenvalue weighted by molar-refractivity contribution is -0.124. The summed E-state index contributed by atoms with van der Waals surface area (Å²) in [5.41, 5.74) is 1.75. The van der Waals surface area contributed by atoms with E-state index in [9.17, 15) is 14.0 Å². The molecule has 1 aliphatic rings. The van der Waals surface area contributed by atoms with Crippen LogP contribution in [0.15, 0.2) is 48.8 Å². The van der Waals surface area contributed by atoms with Crippen molar-refractivity contribution in [2.75, 3.05) is 13.2 Å². The fourth-order valence-corrected chi connectivity index (χ4v) is 2.62. The monoisotopic (exact) mass is 343 g/mol. The van der Waals surface area contributed by atoms with Crippen LogP contribution in [0.4, 0.5) is 9.18 Å². The van der Waals surface area contributed by atoms with Crippen molar-refractivity contribution in [2.24, 2.45) is 0 Å². The fourth-order valence-electron chi connectivity index (χ4n) is 2.62. The predicted molar refractivity (Wildman–Crippen MR) is 88.0 cm³/mol. The van der Waals surface area contributed by atoms with Gasteiger partial charge in [-0.2, -0.15) is 0 Å². The molecule has 0 saturated carbocycles. The molecule has 130 valence electrons. The summed E-state index contributed by atoms with van der Waals surface area (Å²) in [6.07, 6.45) is 3.54. The number of amides is 2. The van der Waals surface area contributed by atoms with E-state index < -0.39 is 12.1 Å². The Morgan fingerprint density at radius 3 is 2.80 bits per heavy atom. The van der Waals surface area contributed by atoms with Gasteiger partial charge >= 0.3 is 6.09 Å². The summed E-state index contributed by atoms with van der Waals surface area (Å²) < 4.78 is 18.0. The van der Waals surface area contributed by atoms with Gasteiger partial charge in [0.2, 0.25) is 5.91 Å². The number of benzene rings is 1. The number of rotatable bonds is 6. The molecule has 2 amide bonds. The van der Waals surface area contributed by atoms with Crippen molar-refractivity contribution in [3.05, 3.63) is 65.7 Å². The van der Waals surface area contributed by atoms with Crippen molar-refractivity contribution in [3.8, 4) is 0 Å². The highest BCUT2D eigenvalue weighted by atomic mass is 19.1. The summed E-state index contributed by atoms with van der Waals surface area (Å²) >= 11 is 0. The maximum absolute atomic E-state index is 13.0. The van der Waals surface area contributed by atoms with Gasteiger partial charge in [0.15, 0.2) is 0 Å². The van der Waals surface area contributed by atoms with Crippen molar-refractivity contribution >= 4 is 12.0 Å². The smallest absolute Gasteiger partial charge is 0.410 e. The zero-order valence-corrected chi connectivity index (χ0v) is 13.5. The minimum Gasteiger partial charge on any atom is -0.447 e. The van der Waals surface area contributed by atoms with E-state index in [0.717, 1.165) is 11.1 Å². The molecule has 6 nitrogen and oxygen atoms in total. The molecule has 1 fully saturated rings. The van der Waals surface area contributed by atoms with Gasteiger partial charge in [-0.1, -0.05) is 18.2 Å². The molecule has 1 N–H and O–H groups in total. The van der Waals surface area contributed by atoms with Gasteiger partial charge in [0.05, 0.1) is 6.54 Å². The van der Waals surface area contributed by atoms with Crippen molar-refractivity contribution in [1.29, 1.82) is 0 Å². The lowest BCUT2D eigenvalue weighted by atomic mass is 10.1. The maximum atomic E-state index is 13.0. The Labute approximate surface area is 144 Å². The van der Waals surface area contributed by atoms with Gasteiger partial charge in [-0.3, -0.25) is 14.7 Å². The van der Waals surface area contributed by atoms with Gasteiger partial charge in [-0.25, -0.2) is 9.18 Å². The lowest BCUT2D eigenvalue weighted by Gasteiger charge is -2.20. The van der Waals surface area contributed by atoms with Gasteiger partial charge in [-0.05, 0) is 35.7 Å². The number of aromatic nitrogens is 1. The largest absolute Gasteiger partial charge is 0.447 e. The minimum atomic E-state index is -0.688. The van der Waals surface area contributed by atoms with E-state index in [1.54, 1.807) is 24.5 Å². The van der Waals surface area contributed by atoms with Crippen molar-refractivity contribution in [3.63, 3.8) is 0 Å². The molecular formula is C18H18FN3O3. The molecule has 0 unspecified atom stereocenters. The Morgan fingerprint density at radius 2 is 2.08 bits per heavy atom. The first kappa shape index (κ1) is 16.9. The van der Waals surface area contributed by atoms with Gasteiger partial charge in [0.1, 0.15) is 18.5 Å². The normalized spacial score (nSPS) is 16.6. The van der Waals surface area contributed by atoms with Crippen LogP contribution < -0.4 is 5.32 Å². The lowest BCUT2D eigenvalue weighted by Crippen LogP contribution is -2.45. The molecule has 1 aliphatic heterocycles. The molecule has 3 rings (SSSR count). The van der Waals surface area contributed by atoms with E-state index in [1.807, 2.05) is 12.1 Å². The van der Waals surface area contributed by atoms with E-state index in [1.165, 1.54) is 17.0 Å². The summed E-state index contributed by atoms with van der Waals surface area (Å²) in [4.78, 5) is 29.6. The maximum Gasteiger partial charge on any atom is 0.410 e. The average molecular weight is 343 g/mol. The number of ether oxygens (including phenoxy) is 1. The second kappa shape index (κ2) is 7.74. The molecule has 2 heterocycles. The van der Waals surface area contributed by atoms with Crippen LogP contribution in [0.2, 0.25) is 0 Å². The summed E-state index contributed by atoms with van der Waals surface area (Å²) in [6.45, 7) is 0.651. The molecule has 0 bridgehead atoms. The second-order valence-corrected chi connectivity index (χ2v) is 5.75. The molecule has 0 aliphatic carbocycles. The Hall–Kier alpha value is -2.96. The van der Waals surface area contributed by atoms with E-state index in [4.69, 9.17) is 4.74 Å². The predicted octanol–water partition coefficient (Wildman–Crippen LogP) is 1.90. The highest BCUT2D eigenvalue weighted by Crippen LogP contribution is 2.17. The number of cyclic esters (lactones) is 1. The van der Waals surface area contributed by atoms with Crippen LogP contribution in [0.5, 0.6) is 0 Å². The standard InChI is InChI=1S/C18H18FN3O3/c19-15-5-3-14(4-6-15)11-22-16(12-25-18(22)24)17(23)21-9-7-13-2-1-8-20-10-13/h1-6,8,10,16H,7,9,11-12H2,(H,21,23)/t16-/m0/s1. The molecule has 1 aromatic heterocycles. The van der Waals surface area contributed by atoms with Crippen LogP contribution in [0.25, 0.3) is 0 Å². The fraction of sp³-hybridized carbons (Fsp3) is 0.278. The van der Waals surface area contributed by atoms with E-state index in [0.29, 0.717) is 13.0 Å². The molecule has 25 heavy (non-hydrogen) atoms. The summed E-state index contributed by atoms with van der Waals surface area (Å²) in [5, 5.41) is 2.82. The Morgan fingerprint density at radius 1 is 1.28 bits per heavy atom. The first-order chi connectivity index (χ1) is 12.1. The molecule has 7 heteroatoms. The first-order valence-electron chi connectivity index (χ1n) is 7.98. The van der Waals surface area contributed by atoms with Crippen molar-refractivity contribution in [1.82, 2.24) is 15.2 Å². The van der Waals surface area contributed by atoms with Gasteiger partial charge in [0.25, 0.3) is 0 Å². The number of carbonyl (C=O) groups is 2. The van der Waals surface area contributed by atoms with Gasteiger partial charge in [0, 0.05) is 18.9 Å². The molecule has 0 spiro atoms. The summed E-state index contributed by atoms with van der Waals surface area (Å²) in [7, 11) is 0. The highest BCUT2D eigenvalue weighted by Gasteiger charge is 2.37. The zero-order valence-electron chi connectivity index (χ0n) is 13.5. The number of hydrogen-bond acceptors (Lipinski definition) is 4. The SMILES string of the molecule is O=C(NCCc1cccnc1)[C@@H]1COC(=O)N1Cc1ccc(F)cc1. The molecule has 1 saturated heterocycles. The van der Waals surface area contributed by atoms with Crippen LogP contribution in [0.1, 0.15) is 11.1 Å². The van der Waals surface area contributed by atoms with Crippen LogP contribution >= 0.6 is 0 Å². The van der Waals surface area contributed by atoms with Crippen molar-refractivity contribution < 1.29 is 18.7 Å². The van der Waals surface area contributed by atoms with Crippen LogP contribution in [0.3, 0.4) is 0 Å². The molecule has 1 aromatic carbocycles. The molecule has 2 aromatic rings. The Balaban J connectivity index is 1.56. The number of halogens is 1. The summed E-state index contributed by atoms with van der Waals surface area (Å²) in [5.74, 6) is -0.616. The highest BCUT2D eigenvalue weighted by molar-refractivity contribution is 5.87. The van der Waals surface area contributed by atoms with Gasteiger partial charge < -0.3 is 10.1 Å². The van der Waals surface area contributed by atoms with E-state index >= 15 is 0 Å². The van der Waals surface area contributed by atoms with E-state index in [-0.39, 0.29) is 24.9 Å².